The van der Waals surface area contributed by atoms with E-state index in [0.717, 1.165) is 44.9 Å². The zero-order valence-corrected chi connectivity index (χ0v) is 32.4. The van der Waals surface area contributed by atoms with E-state index in [-0.39, 0.29) is 25.6 Å². The molecule has 2 atom stereocenters. The standard InChI is InChI=1S/C42H70NO6P/c1-3-5-7-9-11-13-15-17-19-20-21-22-23-25-27-29-31-33-35-42(44)49-41(40-48-50(45)43-36-38-47-50)39-46-37-34-32-30-28-26-24-18-16-14-12-10-8-6-4-2/h3,5,9,11,15,17,20-21,23,25,29,31,34,37,41H,4,6-8,10,12-14,16,18-19,22,24,26-28,30,32-33,35-36,38-40H2,1-2H3,(H,43,45)/b5-3-,11-9-,17-15-,21-20-,25-23-,31-29-,37-34-. The van der Waals surface area contributed by atoms with Crippen LogP contribution in [0, 0.1) is 0 Å². The maximum absolute atomic E-state index is 12.5. The first-order valence-electron chi connectivity index (χ1n) is 19.6. The summed E-state index contributed by atoms with van der Waals surface area (Å²) in [5.41, 5.74) is 0. The van der Waals surface area contributed by atoms with Crippen molar-refractivity contribution in [3.63, 3.8) is 0 Å². The van der Waals surface area contributed by atoms with Crippen LogP contribution in [0.15, 0.2) is 85.3 Å². The summed E-state index contributed by atoms with van der Waals surface area (Å²) in [6, 6.07) is 0. The van der Waals surface area contributed by atoms with Crippen LogP contribution in [-0.2, 0) is 27.9 Å². The summed E-state index contributed by atoms with van der Waals surface area (Å²) >= 11 is 0. The first-order valence-corrected chi connectivity index (χ1v) is 21.1. The van der Waals surface area contributed by atoms with Crippen LogP contribution >= 0.6 is 7.75 Å². The second-order valence-corrected chi connectivity index (χ2v) is 14.5. The van der Waals surface area contributed by atoms with Gasteiger partial charge in [-0.2, -0.15) is 0 Å². The number of unbranched alkanes of at least 4 members (excludes halogenated alkanes) is 12. The van der Waals surface area contributed by atoms with Gasteiger partial charge in [-0.3, -0.25) is 13.8 Å². The van der Waals surface area contributed by atoms with Gasteiger partial charge in [-0.15, -0.1) is 0 Å². The van der Waals surface area contributed by atoms with Gasteiger partial charge in [0.1, 0.15) is 6.61 Å². The van der Waals surface area contributed by atoms with E-state index in [1.54, 1.807) is 6.26 Å². The highest BCUT2D eigenvalue weighted by Gasteiger charge is 2.31. The molecule has 284 valence electrons. The largest absolute Gasteiger partial charge is 0.498 e. The third kappa shape index (κ3) is 30.4. The normalized spacial score (nSPS) is 17.7. The molecule has 2 unspecified atom stereocenters. The van der Waals surface area contributed by atoms with Crippen molar-refractivity contribution in [2.24, 2.45) is 0 Å². The van der Waals surface area contributed by atoms with E-state index < -0.39 is 13.9 Å². The molecule has 0 aliphatic carbocycles. The monoisotopic (exact) mass is 715 g/mol. The number of esters is 1. The summed E-state index contributed by atoms with van der Waals surface area (Å²) < 4.78 is 34.5. The molecule has 8 heteroatoms. The first-order chi connectivity index (χ1) is 24.6. The number of rotatable bonds is 33. The molecule has 0 saturated carbocycles. The van der Waals surface area contributed by atoms with Crippen molar-refractivity contribution in [2.45, 2.75) is 148 Å². The number of ether oxygens (including phenoxy) is 2. The number of carbonyl (C=O) groups is 1. The highest BCUT2D eigenvalue weighted by atomic mass is 31.2. The highest BCUT2D eigenvalue weighted by molar-refractivity contribution is 7.51. The fourth-order valence-electron chi connectivity index (χ4n) is 5.14. The smallest absolute Gasteiger partial charge is 0.405 e. The molecule has 1 rings (SSSR count). The number of hydrogen-bond acceptors (Lipinski definition) is 6. The molecule has 0 spiro atoms. The summed E-state index contributed by atoms with van der Waals surface area (Å²) in [5, 5.41) is 2.75. The van der Waals surface area contributed by atoms with Gasteiger partial charge in [-0.05, 0) is 64.4 Å². The molecule has 50 heavy (non-hydrogen) atoms. The molecular formula is C42H70NO6P. The molecule has 7 nitrogen and oxygen atoms in total. The Hall–Kier alpha value is -2.44. The highest BCUT2D eigenvalue weighted by Crippen LogP contribution is 2.46. The lowest BCUT2D eigenvalue weighted by atomic mass is 10.0. The van der Waals surface area contributed by atoms with Gasteiger partial charge in [0.05, 0.1) is 19.5 Å². The lowest BCUT2D eigenvalue weighted by Gasteiger charge is -2.19. The minimum absolute atomic E-state index is 0.0670. The van der Waals surface area contributed by atoms with Gasteiger partial charge < -0.3 is 9.47 Å². The van der Waals surface area contributed by atoms with Crippen molar-refractivity contribution in [1.82, 2.24) is 5.09 Å². The van der Waals surface area contributed by atoms with Crippen LogP contribution in [0.1, 0.15) is 142 Å². The fraction of sp³-hybridized carbons (Fsp3) is 0.643. The Balaban J connectivity index is 2.20. The van der Waals surface area contributed by atoms with E-state index in [0.29, 0.717) is 19.6 Å². The maximum Gasteiger partial charge on any atom is 0.405 e. The second kappa shape index (κ2) is 35.0. The molecule has 1 N–H and O–H groups in total. The Morgan fingerprint density at radius 2 is 1.20 bits per heavy atom. The molecule has 0 amide bonds. The first kappa shape index (κ1) is 45.6. The summed E-state index contributed by atoms with van der Waals surface area (Å²) in [7, 11) is -3.34. The Morgan fingerprint density at radius 1 is 0.680 bits per heavy atom. The number of hydrogen-bond donors (Lipinski definition) is 1. The maximum atomic E-state index is 12.5. The van der Waals surface area contributed by atoms with E-state index in [1.807, 2.05) is 19.1 Å². The summed E-state index contributed by atoms with van der Waals surface area (Å²) in [4.78, 5) is 12.5. The van der Waals surface area contributed by atoms with Crippen LogP contribution in [0.3, 0.4) is 0 Å². The van der Waals surface area contributed by atoms with Crippen molar-refractivity contribution in [2.75, 3.05) is 26.4 Å². The molecule has 0 radical (unpaired) electrons. The SMILES string of the molecule is C/C=C\C/C=C\C/C=C\C/C=C\C/C=C\C/C=C\CCC(=O)OC(CO/C=C\CCCCCCCCCCCCCC)COP1(=O)NCCO1. The Morgan fingerprint density at radius 3 is 1.72 bits per heavy atom. The molecule has 1 saturated heterocycles. The van der Waals surface area contributed by atoms with Crippen LogP contribution in [0.2, 0.25) is 0 Å². The summed E-state index contributed by atoms with van der Waals surface area (Å²) in [6.45, 7) is 5.15. The third-order valence-corrected chi connectivity index (χ3v) is 9.66. The number of carbonyl (C=O) groups excluding carboxylic acids is 1. The number of nitrogens with one attached hydrogen (secondary N) is 1. The van der Waals surface area contributed by atoms with Crippen LogP contribution in [0.5, 0.6) is 0 Å². The molecule has 0 aromatic rings. The average molecular weight is 716 g/mol. The van der Waals surface area contributed by atoms with Crippen LogP contribution in [0.25, 0.3) is 0 Å². The summed E-state index contributed by atoms with van der Waals surface area (Å²) in [6.07, 6.45) is 51.1. The minimum Gasteiger partial charge on any atom is -0.498 e. The van der Waals surface area contributed by atoms with Gasteiger partial charge in [-0.1, -0.05) is 150 Å². The lowest BCUT2D eigenvalue weighted by molar-refractivity contribution is -0.153. The quantitative estimate of drug-likeness (QED) is 0.0238. The predicted molar refractivity (Wildman–Crippen MR) is 211 cm³/mol. The second-order valence-electron chi connectivity index (χ2n) is 12.7. The van der Waals surface area contributed by atoms with Crippen LogP contribution in [-0.4, -0.2) is 38.4 Å². The topological polar surface area (TPSA) is 83.1 Å². The van der Waals surface area contributed by atoms with Gasteiger partial charge in [0, 0.05) is 13.0 Å². The number of allylic oxidation sites excluding steroid dienone is 13. The third-order valence-electron chi connectivity index (χ3n) is 8.04. The lowest BCUT2D eigenvalue weighted by Crippen LogP contribution is -2.28. The van der Waals surface area contributed by atoms with Gasteiger partial charge >= 0.3 is 13.7 Å². The van der Waals surface area contributed by atoms with Gasteiger partial charge in [0.15, 0.2) is 6.10 Å². The zero-order chi connectivity index (χ0) is 36.1. The molecule has 1 fully saturated rings. The summed E-state index contributed by atoms with van der Waals surface area (Å²) in [5.74, 6) is -0.342. The van der Waals surface area contributed by atoms with Crippen LogP contribution < -0.4 is 5.09 Å². The Labute approximate surface area is 306 Å². The Bertz CT molecular complexity index is 1050. The molecule has 0 aromatic heterocycles. The van der Waals surface area contributed by atoms with Crippen LogP contribution in [0.4, 0.5) is 0 Å². The van der Waals surface area contributed by atoms with Gasteiger partial charge in [-0.25, -0.2) is 9.65 Å². The molecule has 1 heterocycles. The van der Waals surface area contributed by atoms with E-state index >= 15 is 0 Å². The van der Waals surface area contributed by atoms with E-state index in [2.05, 4.69) is 78.8 Å². The zero-order valence-electron chi connectivity index (χ0n) is 31.5. The molecule has 1 aliphatic rings. The fourth-order valence-corrected chi connectivity index (χ4v) is 6.45. The van der Waals surface area contributed by atoms with Crippen molar-refractivity contribution < 1.29 is 27.9 Å². The minimum atomic E-state index is -3.34. The predicted octanol–water partition coefficient (Wildman–Crippen LogP) is 12.4. The van der Waals surface area contributed by atoms with Crippen molar-refractivity contribution in [3.05, 3.63) is 85.3 Å². The molecular weight excluding hydrogens is 645 g/mol. The molecule has 0 aromatic carbocycles. The van der Waals surface area contributed by atoms with E-state index in [4.69, 9.17) is 18.5 Å². The Kier molecular flexibility index (Phi) is 31.9. The average Bonchev–Trinajstić information content (AvgIpc) is 3.56. The van der Waals surface area contributed by atoms with Crippen molar-refractivity contribution in [3.8, 4) is 0 Å². The van der Waals surface area contributed by atoms with Crippen molar-refractivity contribution in [1.29, 1.82) is 0 Å². The van der Waals surface area contributed by atoms with E-state index in [1.165, 1.54) is 70.6 Å². The van der Waals surface area contributed by atoms with Gasteiger partial charge in [0.2, 0.25) is 0 Å². The van der Waals surface area contributed by atoms with E-state index in [9.17, 15) is 9.36 Å². The molecule has 1 aliphatic heterocycles. The van der Waals surface area contributed by atoms with Gasteiger partial charge in [0.25, 0.3) is 0 Å². The molecule has 0 bridgehead atoms. The van der Waals surface area contributed by atoms with Crippen molar-refractivity contribution >= 4 is 13.7 Å².